The predicted octanol–water partition coefficient (Wildman–Crippen LogP) is 15.8. The third kappa shape index (κ3) is 48.5. The summed E-state index contributed by atoms with van der Waals surface area (Å²) in [5.41, 5.74) is 0. The fourth-order valence-corrected chi connectivity index (χ4v) is 8.58. The predicted molar refractivity (Wildman–Crippen MR) is 272 cm³/mol. The molecule has 0 aliphatic heterocycles. The van der Waals surface area contributed by atoms with E-state index in [9.17, 15) is 19.4 Å². The molecule has 0 aromatic carbocycles. The van der Waals surface area contributed by atoms with Crippen LogP contribution >= 0.6 is 7.82 Å². The molecule has 0 bridgehead atoms. The van der Waals surface area contributed by atoms with E-state index in [0.29, 0.717) is 17.4 Å². The minimum atomic E-state index is -4.35. The molecule has 0 fully saturated rings. The first kappa shape index (κ1) is 61.7. The van der Waals surface area contributed by atoms with Gasteiger partial charge in [-0.1, -0.05) is 237 Å². The van der Waals surface area contributed by atoms with E-state index in [-0.39, 0.29) is 19.1 Å². The molecule has 0 aliphatic rings. The van der Waals surface area contributed by atoms with E-state index in [1.807, 2.05) is 27.2 Å². The molecule has 0 radical (unpaired) electrons. The lowest BCUT2D eigenvalue weighted by Crippen LogP contribution is -2.45. The van der Waals surface area contributed by atoms with Crippen molar-refractivity contribution in [3.63, 3.8) is 0 Å². The Morgan fingerprint density at radius 2 is 0.873 bits per heavy atom. The van der Waals surface area contributed by atoms with Gasteiger partial charge in [0, 0.05) is 6.42 Å². The number of hydrogen-bond donors (Lipinski definition) is 3. The van der Waals surface area contributed by atoms with Crippen LogP contribution in [0.2, 0.25) is 0 Å². The molecule has 63 heavy (non-hydrogen) atoms. The number of phosphoric acid groups is 1. The maximum Gasteiger partial charge on any atom is 0.472 e. The van der Waals surface area contributed by atoms with Gasteiger partial charge in [0.25, 0.3) is 0 Å². The first-order chi connectivity index (χ1) is 30.5. The number of likely N-dealkylation sites (N-methyl/N-ethyl adjacent to an activating group) is 1. The number of rotatable bonds is 49. The van der Waals surface area contributed by atoms with Crippen molar-refractivity contribution in [2.45, 2.75) is 264 Å². The van der Waals surface area contributed by atoms with Crippen LogP contribution in [-0.2, 0) is 18.4 Å². The summed E-state index contributed by atoms with van der Waals surface area (Å²) in [7, 11) is 1.55. The summed E-state index contributed by atoms with van der Waals surface area (Å²) in [4.78, 5) is 23.2. The molecule has 0 heterocycles. The molecule has 3 N–H and O–H groups in total. The zero-order valence-corrected chi connectivity index (χ0v) is 43.2. The Hall–Kier alpha value is -1.28. The van der Waals surface area contributed by atoms with Gasteiger partial charge < -0.3 is 19.8 Å². The fraction of sp³-hybridized carbons (Fsp3) is 0.870. The van der Waals surface area contributed by atoms with Gasteiger partial charge in [-0.05, 0) is 44.9 Å². The van der Waals surface area contributed by atoms with Crippen molar-refractivity contribution in [3.8, 4) is 0 Å². The first-order valence-corrected chi connectivity index (χ1v) is 28.4. The SMILES string of the molecule is CCCCCCCCCCCCCCC/C=C/CC/C=C/CC/C=C/C(O)C(COP(=O)(O)OCC[N+](C)(C)C)NC(=O)CCCCCCCCCCCCCCCCCCCC. The summed E-state index contributed by atoms with van der Waals surface area (Å²) >= 11 is 0. The summed E-state index contributed by atoms with van der Waals surface area (Å²) in [6.45, 7) is 4.81. The largest absolute Gasteiger partial charge is 0.472 e. The summed E-state index contributed by atoms with van der Waals surface area (Å²) in [6.07, 6.45) is 58.1. The number of aliphatic hydroxyl groups excluding tert-OH is 1. The first-order valence-electron chi connectivity index (χ1n) is 26.9. The average molecular weight is 910 g/mol. The molecule has 0 saturated heterocycles. The van der Waals surface area contributed by atoms with Gasteiger partial charge in [-0.2, -0.15) is 0 Å². The second-order valence-electron chi connectivity index (χ2n) is 19.6. The zero-order chi connectivity index (χ0) is 46.4. The molecule has 0 spiro atoms. The smallest absolute Gasteiger partial charge is 0.387 e. The van der Waals surface area contributed by atoms with Crippen molar-refractivity contribution in [1.29, 1.82) is 0 Å². The highest BCUT2D eigenvalue weighted by atomic mass is 31.2. The highest BCUT2D eigenvalue weighted by Gasteiger charge is 2.27. The van der Waals surface area contributed by atoms with E-state index >= 15 is 0 Å². The van der Waals surface area contributed by atoms with Crippen LogP contribution in [0.4, 0.5) is 0 Å². The lowest BCUT2D eigenvalue weighted by molar-refractivity contribution is -0.870. The Balaban J connectivity index is 4.34. The molecule has 0 rings (SSSR count). The maximum atomic E-state index is 12.9. The van der Waals surface area contributed by atoms with E-state index in [0.717, 1.165) is 44.9 Å². The third-order valence-electron chi connectivity index (χ3n) is 12.1. The highest BCUT2D eigenvalue weighted by Crippen LogP contribution is 2.43. The topological polar surface area (TPSA) is 105 Å². The Morgan fingerprint density at radius 1 is 0.524 bits per heavy atom. The van der Waals surface area contributed by atoms with E-state index in [2.05, 4.69) is 43.5 Å². The number of nitrogens with one attached hydrogen (secondary N) is 1. The van der Waals surface area contributed by atoms with Gasteiger partial charge in [0.1, 0.15) is 13.2 Å². The number of amides is 1. The van der Waals surface area contributed by atoms with Crippen LogP contribution in [0.3, 0.4) is 0 Å². The number of hydrogen-bond acceptors (Lipinski definition) is 5. The van der Waals surface area contributed by atoms with Crippen molar-refractivity contribution in [2.75, 3.05) is 40.9 Å². The van der Waals surface area contributed by atoms with E-state index in [1.54, 1.807) is 6.08 Å². The van der Waals surface area contributed by atoms with Crippen LogP contribution in [-0.4, -0.2) is 73.4 Å². The number of unbranched alkanes of at least 4 members (excludes halogenated alkanes) is 32. The number of allylic oxidation sites excluding steroid dienone is 5. The number of aliphatic hydroxyl groups is 1. The van der Waals surface area contributed by atoms with Crippen LogP contribution in [0.1, 0.15) is 251 Å². The second-order valence-corrected chi connectivity index (χ2v) is 21.0. The Morgan fingerprint density at radius 3 is 1.27 bits per heavy atom. The molecule has 8 nitrogen and oxygen atoms in total. The van der Waals surface area contributed by atoms with Crippen LogP contribution in [0.5, 0.6) is 0 Å². The normalized spacial score (nSPS) is 14.3. The minimum absolute atomic E-state index is 0.0550. The third-order valence-corrected chi connectivity index (χ3v) is 13.1. The monoisotopic (exact) mass is 910 g/mol. The van der Waals surface area contributed by atoms with Crippen LogP contribution < -0.4 is 5.32 Å². The van der Waals surface area contributed by atoms with E-state index in [4.69, 9.17) is 9.05 Å². The van der Waals surface area contributed by atoms with Crippen molar-refractivity contribution in [1.82, 2.24) is 5.32 Å². The maximum absolute atomic E-state index is 12.9. The van der Waals surface area contributed by atoms with Crippen LogP contribution in [0.25, 0.3) is 0 Å². The Labute approximate surface area is 391 Å². The molecule has 0 aromatic heterocycles. The molecular formula is C54H106N2O6P+. The number of phosphoric ester groups is 1. The molecule has 9 heteroatoms. The number of carbonyl (C=O) groups excluding carboxylic acids is 1. The second kappa shape index (κ2) is 45.9. The van der Waals surface area contributed by atoms with Crippen LogP contribution in [0, 0.1) is 0 Å². The van der Waals surface area contributed by atoms with Crippen LogP contribution in [0.15, 0.2) is 36.5 Å². The van der Waals surface area contributed by atoms with Gasteiger partial charge in [-0.3, -0.25) is 13.8 Å². The summed E-state index contributed by atoms with van der Waals surface area (Å²) in [5.74, 6) is -0.187. The van der Waals surface area contributed by atoms with Crippen molar-refractivity contribution in [3.05, 3.63) is 36.5 Å². The summed E-state index contributed by atoms with van der Waals surface area (Å²) in [5, 5.41) is 13.9. The molecule has 3 atom stereocenters. The standard InChI is InChI=1S/C54H105N2O6P/c1-6-8-10-12-14-16-18-20-22-24-26-27-28-29-30-31-33-35-37-39-41-43-45-47-53(57)52(51-62-63(59,60)61-50-49-56(3,4)5)55-54(58)48-46-44-42-40-38-36-34-32-25-23-21-19-17-15-13-11-9-7-2/h30-31,37,39,45,47,52-53,57H,6-29,32-36,38,40-44,46,48-51H2,1-5H3,(H-,55,58,59,60)/p+1/b31-30+,39-37+,47-45+. The molecule has 0 aliphatic carbocycles. The molecule has 0 saturated carbocycles. The fourth-order valence-electron chi connectivity index (χ4n) is 7.84. The summed E-state index contributed by atoms with van der Waals surface area (Å²) < 4.78 is 23.6. The lowest BCUT2D eigenvalue weighted by atomic mass is 10.0. The number of quaternary nitrogens is 1. The quantitative estimate of drug-likeness (QED) is 0.0243. The van der Waals surface area contributed by atoms with Gasteiger partial charge >= 0.3 is 7.82 Å². The average Bonchev–Trinajstić information content (AvgIpc) is 3.24. The number of nitrogens with zero attached hydrogens (tertiary/aromatic N) is 1. The van der Waals surface area contributed by atoms with Crippen molar-refractivity contribution in [2.24, 2.45) is 0 Å². The van der Waals surface area contributed by atoms with E-state index in [1.165, 1.54) is 186 Å². The van der Waals surface area contributed by atoms with Gasteiger partial charge in [-0.15, -0.1) is 0 Å². The molecule has 3 unspecified atom stereocenters. The van der Waals surface area contributed by atoms with Crippen molar-refractivity contribution < 1.29 is 32.9 Å². The van der Waals surface area contributed by atoms with Crippen molar-refractivity contribution >= 4 is 13.7 Å². The van der Waals surface area contributed by atoms with Gasteiger partial charge in [0.05, 0.1) is 39.9 Å². The molecule has 0 aromatic rings. The summed E-state index contributed by atoms with van der Waals surface area (Å²) in [6, 6.07) is -0.867. The van der Waals surface area contributed by atoms with E-state index < -0.39 is 20.0 Å². The minimum Gasteiger partial charge on any atom is -0.387 e. The molecule has 1 amide bonds. The zero-order valence-electron chi connectivity index (χ0n) is 42.3. The van der Waals surface area contributed by atoms with Gasteiger partial charge in [0.2, 0.25) is 5.91 Å². The lowest BCUT2D eigenvalue weighted by Gasteiger charge is -2.25. The Kier molecular flexibility index (Phi) is 44.9. The Bertz CT molecular complexity index is 1120. The highest BCUT2D eigenvalue weighted by molar-refractivity contribution is 7.47. The molecular weight excluding hydrogens is 804 g/mol. The number of carbonyl (C=O) groups is 1. The van der Waals surface area contributed by atoms with Gasteiger partial charge in [-0.25, -0.2) is 4.57 Å². The van der Waals surface area contributed by atoms with Gasteiger partial charge in [0.15, 0.2) is 0 Å². The molecule has 372 valence electrons.